The number of hydrogen-bond donors (Lipinski definition) is 1. The minimum absolute atomic E-state index is 0.206. The van der Waals surface area contributed by atoms with Gasteiger partial charge in [-0.2, -0.15) is 5.10 Å². The zero-order valence-electron chi connectivity index (χ0n) is 14.6. The fourth-order valence-corrected chi connectivity index (χ4v) is 2.78. The zero-order valence-corrected chi connectivity index (χ0v) is 15.3. The van der Waals surface area contributed by atoms with E-state index in [4.69, 9.17) is 16.3 Å². The van der Waals surface area contributed by atoms with Gasteiger partial charge in [0.05, 0.1) is 29.7 Å². The molecule has 6 nitrogen and oxygen atoms in total. The molecule has 26 heavy (non-hydrogen) atoms. The van der Waals surface area contributed by atoms with E-state index in [0.29, 0.717) is 29.6 Å². The molecule has 1 amide bonds. The third-order valence-corrected chi connectivity index (χ3v) is 4.11. The van der Waals surface area contributed by atoms with Gasteiger partial charge in [-0.3, -0.25) is 4.79 Å². The number of aromatic nitrogens is 3. The summed E-state index contributed by atoms with van der Waals surface area (Å²) in [5.41, 5.74) is 2.87. The van der Waals surface area contributed by atoms with Gasteiger partial charge in [0.25, 0.3) is 5.91 Å². The topological polar surface area (TPSA) is 69.0 Å². The first-order valence-electron chi connectivity index (χ1n) is 8.25. The van der Waals surface area contributed by atoms with Crippen LogP contribution < -0.4 is 10.1 Å². The number of benzene rings is 1. The van der Waals surface area contributed by atoms with Crippen LogP contribution in [0.1, 0.15) is 28.5 Å². The first kappa shape index (κ1) is 17.9. The van der Waals surface area contributed by atoms with Gasteiger partial charge < -0.3 is 10.1 Å². The Morgan fingerprint density at radius 1 is 1.31 bits per heavy atom. The van der Waals surface area contributed by atoms with E-state index in [1.807, 2.05) is 38.1 Å². The Labute approximate surface area is 156 Å². The van der Waals surface area contributed by atoms with Crippen LogP contribution in [0, 0.1) is 6.92 Å². The zero-order chi connectivity index (χ0) is 18.5. The summed E-state index contributed by atoms with van der Waals surface area (Å²) in [7, 11) is 0. The van der Waals surface area contributed by atoms with Crippen LogP contribution in [0.3, 0.4) is 0 Å². The summed E-state index contributed by atoms with van der Waals surface area (Å²) in [6.07, 6.45) is 3.22. The number of rotatable bonds is 6. The van der Waals surface area contributed by atoms with Crippen molar-refractivity contribution in [1.82, 2.24) is 20.1 Å². The number of pyridine rings is 1. The molecule has 2 heterocycles. The van der Waals surface area contributed by atoms with Crippen LogP contribution in [-0.4, -0.2) is 27.3 Å². The molecule has 0 unspecified atom stereocenters. The molecule has 1 aromatic carbocycles. The van der Waals surface area contributed by atoms with Crippen molar-refractivity contribution in [3.05, 3.63) is 70.6 Å². The highest BCUT2D eigenvalue weighted by Gasteiger charge is 2.16. The van der Waals surface area contributed by atoms with Crippen molar-refractivity contribution in [3.63, 3.8) is 0 Å². The molecule has 3 rings (SSSR count). The number of hydrogen-bond acceptors (Lipinski definition) is 4. The molecule has 1 N–H and O–H groups in total. The second kappa shape index (κ2) is 8.01. The molecule has 0 fully saturated rings. The molecule has 0 saturated heterocycles. The normalized spacial score (nSPS) is 10.6. The van der Waals surface area contributed by atoms with Crippen LogP contribution in [-0.2, 0) is 6.54 Å². The van der Waals surface area contributed by atoms with Crippen LogP contribution in [0.25, 0.3) is 5.69 Å². The van der Waals surface area contributed by atoms with E-state index < -0.39 is 0 Å². The summed E-state index contributed by atoms with van der Waals surface area (Å²) in [5, 5.41) is 7.82. The Bertz CT molecular complexity index is 923. The van der Waals surface area contributed by atoms with Crippen molar-refractivity contribution >= 4 is 17.5 Å². The summed E-state index contributed by atoms with van der Waals surface area (Å²) in [5.74, 6) is 0.323. The lowest BCUT2D eigenvalue weighted by Crippen LogP contribution is -2.23. The van der Waals surface area contributed by atoms with Crippen LogP contribution in [0.15, 0.2) is 48.8 Å². The fourth-order valence-electron chi connectivity index (χ4n) is 2.60. The lowest BCUT2D eigenvalue weighted by Gasteiger charge is -2.10. The van der Waals surface area contributed by atoms with Crippen molar-refractivity contribution in [1.29, 1.82) is 0 Å². The number of carbonyl (C=O) groups excluding carboxylic acids is 1. The quantitative estimate of drug-likeness (QED) is 0.720. The number of nitrogens with zero attached hydrogens (tertiary/aromatic N) is 3. The average molecular weight is 371 g/mol. The molecule has 0 atom stereocenters. The lowest BCUT2D eigenvalue weighted by molar-refractivity contribution is 0.0950. The highest BCUT2D eigenvalue weighted by atomic mass is 35.5. The Morgan fingerprint density at radius 2 is 2.15 bits per heavy atom. The van der Waals surface area contributed by atoms with Crippen LogP contribution in [0.4, 0.5) is 0 Å². The van der Waals surface area contributed by atoms with E-state index in [1.54, 1.807) is 29.2 Å². The molecule has 0 aliphatic heterocycles. The third-order valence-electron chi connectivity index (χ3n) is 3.88. The SMILES string of the molecule is CCOc1ncccc1CNC(=O)c1cnn(-c2cccc(Cl)c2)c1C. The largest absolute Gasteiger partial charge is 0.478 e. The third kappa shape index (κ3) is 3.86. The van der Waals surface area contributed by atoms with E-state index in [0.717, 1.165) is 16.9 Å². The van der Waals surface area contributed by atoms with E-state index in [1.165, 1.54) is 0 Å². The predicted octanol–water partition coefficient (Wildman–Crippen LogP) is 3.56. The molecule has 0 spiro atoms. The van der Waals surface area contributed by atoms with Crippen LogP contribution >= 0.6 is 11.6 Å². The molecule has 2 aromatic heterocycles. The molecule has 0 aliphatic rings. The molecular weight excluding hydrogens is 352 g/mol. The fraction of sp³-hybridized carbons (Fsp3) is 0.211. The second-order valence-corrected chi connectivity index (χ2v) is 6.06. The smallest absolute Gasteiger partial charge is 0.255 e. The minimum atomic E-state index is -0.206. The standard InChI is InChI=1S/C19H19ClN4O2/c1-3-26-19-14(6-5-9-21-19)11-22-18(25)17-12-23-24(13(17)2)16-8-4-7-15(20)10-16/h4-10,12H,3,11H2,1-2H3,(H,22,25). The summed E-state index contributed by atoms with van der Waals surface area (Å²) < 4.78 is 7.17. The Balaban J connectivity index is 1.75. The van der Waals surface area contributed by atoms with Crippen molar-refractivity contribution in [2.75, 3.05) is 6.61 Å². The first-order valence-corrected chi connectivity index (χ1v) is 8.63. The summed E-state index contributed by atoms with van der Waals surface area (Å²) >= 11 is 6.04. The molecular formula is C19H19ClN4O2. The highest BCUT2D eigenvalue weighted by molar-refractivity contribution is 6.30. The second-order valence-electron chi connectivity index (χ2n) is 5.62. The molecule has 7 heteroatoms. The number of ether oxygens (including phenoxy) is 1. The maximum absolute atomic E-state index is 12.6. The summed E-state index contributed by atoms with van der Waals surface area (Å²) in [4.78, 5) is 16.8. The van der Waals surface area contributed by atoms with Crippen molar-refractivity contribution in [2.45, 2.75) is 20.4 Å². The van der Waals surface area contributed by atoms with Gasteiger partial charge in [-0.25, -0.2) is 9.67 Å². The molecule has 0 saturated carbocycles. The Hall–Kier alpha value is -2.86. The van der Waals surface area contributed by atoms with Crippen LogP contribution in [0.2, 0.25) is 5.02 Å². The van der Waals surface area contributed by atoms with Crippen molar-refractivity contribution in [2.24, 2.45) is 0 Å². The van der Waals surface area contributed by atoms with E-state index in [-0.39, 0.29) is 5.91 Å². The van der Waals surface area contributed by atoms with Gasteiger partial charge in [-0.05, 0) is 38.1 Å². The Kier molecular flexibility index (Phi) is 5.53. The first-order chi connectivity index (χ1) is 12.6. The average Bonchev–Trinajstić information content (AvgIpc) is 3.02. The molecule has 134 valence electrons. The minimum Gasteiger partial charge on any atom is -0.478 e. The number of amides is 1. The number of carbonyl (C=O) groups is 1. The molecule has 0 radical (unpaired) electrons. The molecule has 3 aromatic rings. The van der Waals surface area contributed by atoms with E-state index in [9.17, 15) is 4.79 Å². The highest BCUT2D eigenvalue weighted by Crippen LogP contribution is 2.18. The lowest BCUT2D eigenvalue weighted by atomic mass is 10.2. The molecule has 0 bridgehead atoms. The van der Waals surface area contributed by atoms with Gasteiger partial charge in [-0.1, -0.05) is 23.7 Å². The van der Waals surface area contributed by atoms with E-state index >= 15 is 0 Å². The summed E-state index contributed by atoms with van der Waals surface area (Å²) in [6, 6.07) is 11.0. The summed E-state index contributed by atoms with van der Waals surface area (Å²) in [6.45, 7) is 4.58. The van der Waals surface area contributed by atoms with Gasteiger partial charge in [0.2, 0.25) is 5.88 Å². The van der Waals surface area contributed by atoms with Crippen LogP contribution in [0.5, 0.6) is 5.88 Å². The predicted molar refractivity (Wildman–Crippen MR) is 99.9 cm³/mol. The Morgan fingerprint density at radius 3 is 2.92 bits per heavy atom. The van der Waals surface area contributed by atoms with Crippen molar-refractivity contribution < 1.29 is 9.53 Å². The van der Waals surface area contributed by atoms with Crippen molar-refractivity contribution in [3.8, 4) is 11.6 Å². The number of nitrogens with one attached hydrogen (secondary N) is 1. The van der Waals surface area contributed by atoms with E-state index in [2.05, 4.69) is 15.4 Å². The molecule has 0 aliphatic carbocycles. The van der Waals surface area contributed by atoms with Gasteiger partial charge in [0.1, 0.15) is 0 Å². The van der Waals surface area contributed by atoms with Gasteiger partial charge in [0, 0.05) is 23.3 Å². The van der Waals surface area contributed by atoms with Gasteiger partial charge >= 0.3 is 0 Å². The maximum Gasteiger partial charge on any atom is 0.255 e. The monoisotopic (exact) mass is 370 g/mol. The van der Waals surface area contributed by atoms with Gasteiger partial charge in [0.15, 0.2) is 0 Å². The number of halogens is 1. The maximum atomic E-state index is 12.6. The van der Waals surface area contributed by atoms with Gasteiger partial charge in [-0.15, -0.1) is 0 Å².